The van der Waals surface area contributed by atoms with Gasteiger partial charge in [-0.1, -0.05) is 6.07 Å². The van der Waals surface area contributed by atoms with Crippen LogP contribution in [0.25, 0.3) is 0 Å². The molecule has 0 spiro atoms. The molecule has 1 aromatic heterocycles. The molecule has 114 valence electrons. The standard InChI is InChI=1S/C14H17BrN2O2S2/c1-10(6-12-4-5-20-9-12)17-21(18,19)14-7-11(8-16)2-3-13(14)15/h2-5,7,9-10,17H,6,8,16H2,1H3. The molecule has 7 heteroatoms. The molecule has 0 aliphatic carbocycles. The van der Waals surface area contributed by atoms with Crippen LogP contribution < -0.4 is 10.5 Å². The second-order valence-electron chi connectivity index (χ2n) is 4.83. The third-order valence-corrected chi connectivity index (χ3v) is 6.31. The number of sulfonamides is 1. The molecule has 0 radical (unpaired) electrons. The van der Waals surface area contributed by atoms with Gasteiger partial charge >= 0.3 is 0 Å². The van der Waals surface area contributed by atoms with E-state index in [4.69, 9.17) is 5.73 Å². The van der Waals surface area contributed by atoms with E-state index >= 15 is 0 Å². The molecule has 0 fully saturated rings. The Morgan fingerprint density at radius 1 is 1.33 bits per heavy atom. The quantitative estimate of drug-likeness (QED) is 0.798. The van der Waals surface area contributed by atoms with Crippen molar-refractivity contribution in [3.05, 3.63) is 50.6 Å². The van der Waals surface area contributed by atoms with Crippen LogP contribution in [0.1, 0.15) is 18.1 Å². The Kier molecular flexibility index (Phi) is 5.56. The summed E-state index contributed by atoms with van der Waals surface area (Å²) in [7, 11) is -3.57. The summed E-state index contributed by atoms with van der Waals surface area (Å²) in [6.45, 7) is 2.16. The Bertz CT molecular complexity index is 700. The van der Waals surface area contributed by atoms with Crippen LogP contribution in [0.2, 0.25) is 0 Å². The lowest BCUT2D eigenvalue weighted by Gasteiger charge is -2.15. The van der Waals surface area contributed by atoms with E-state index in [9.17, 15) is 8.42 Å². The molecule has 1 aromatic carbocycles. The number of benzene rings is 1. The summed E-state index contributed by atoms with van der Waals surface area (Å²) >= 11 is 4.89. The van der Waals surface area contributed by atoms with Crippen molar-refractivity contribution in [1.29, 1.82) is 0 Å². The van der Waals surface area contributed by atoms with E-state index in [0.717, 1.165) is 11.1 Å². The lowest BCUT2D eigenvalue weighted by atomic mass is 10.1. The molecule has 3 N–H and O–H groups in total. The molecule has 0 saturated carbocycles. The Labute approximate surface area is 137 Å². The Balaban J connectivity index is 2.18. The maximum absolute atomic E-state index is 12.5. The van der Waals surface area contributed by atoms with E-state index < -0.39 is 10.0 Å². The summed E-state index contributed by atoms with van der Waals surface area (Å²) in [5, 5.41) is 4.01. The molecule has 1 atom stereocenters. The molecule has 0 aliphatic heterocycles. The molecule has 1 unspecified atom stereocenters. The minimum absolute atomic E-state index is 0.182. The van der Waals surface area contributed by atoms with Crippen molar-refractivity contribution in [2.24, 2.45) is 5.73 Å². The topological polar surface area (TPSA) is 72.2 Å². The maximum Gasteiger partial charge on any atom is 0.241 e. The van der Waals surface area contributed by atoms with Crippen molar-refractivity contribution in [3.63, 3.8) is 0 Å². The highest BCUT2D eigenvalue weighted by Crippen LogP contribution is 2.23. The molecule has 21 heavy (non-hydrogen) atoms. The fourth-order valence-corrected chi connectivity index (χ4v) is 4.95. The summed E-state index contributed by atoms with van der Waals surface area (Å²) in [5.41, 5.74) is 7.49. The van der Waals surface area contributed by atoms with Gasteiger partial charge in [-0.25, -0.2) is 13.1 Å². The van der Waals surface area contributed by atoms with Gasteiger partial charge in [0.25, 0.3) is 0 Å². The van der Waals surface area contributed by atoms with Crippen molar-refractivity contribution < 1.29 is 8.42 Å². The number of nitrogens with one attached hydrogen (secondary N) is 1. The average Bonchev–Trinajstić information content (AvgIpc) is 2.91. The minimum atomic E-state index is -3.57. The molecule has 2 rings (SSSR count). The van der Waals surface area contributed by atoms with Crippen LogP contribution in [-0.4, -0.2) is 14.5 Å². The van der Waals surface area contributed by atoms with Crippen molar-refractivity contribution in [2.75, 3.05) is 0 Å². The largest absolute Gasteiger partial charge is 0.326 e. The van der Waals surface area contributed by atoms with Gasteiger partial charge in [-0.2, -0.15) is 11.3 Å². The fourth-order valence-electron chi connectivity index (χ4n) is 2.01. The Morgan fingerprint density at radius 3 is 2.71 bits per heavy atom. The molecular weight excluding hydrogens is 372 g/mol. The molecule has 0 bridgehead atoms. The van der Waals surface area contributed by atoms with Crippen molar-refractivity contribution in [3.8, 4) is 0 Å². The number of hydrogen-bond acceptors (Lipinski definition) is 4. The number of halogens is 1. The molecule has 4 nitrogen and oxygen atoms in total. The molecule has 2 aromatic rings. The number of nitrogens with two attached hydrogens (primary N) is 1. The van der Waals surface area contributed by atoms with Crippen LogP contribution in [0.15, 0.2) is 44.4 Å². The first-order chi connectivity index (χ1) is 9.92. The Hall–Kier alpha value is -0.730. The van der Waals surface area contributed by atoms with Crippen molar-refractivity contribution in [1.82, 2.24) is 4.72 Å². The van der Waals surface area contributed by atoms with Crippen molar-refractivity contribution >= 4 is 37.3 Å². The highest BCUT2D eigenvalue weighted by atomic mass is 79.9. The van der Waals surface area contributed by atoms with Gasteiger partial charge in [-0.15, -0.1) is 0 Å². The zero-order chi connectivity index (χ0) is 15.5. The second-order valence-corrected chi connectivity index (χ2v) is 8.14. The van der Waals surface area contributed by atoms with E-state index in [1.807, 2.05) is 23.8 Å². The zero-order valence-electron chi connectivity index (χ0n) is 11.5. The van der Waals surface area contributed by atoms with E-state index in [0.29, 0.717) is 17.4 Å². The van der Waals surface area contributed by atoms with Gasteiger partial charge in [-0.3, -0.25) is 0 Å². The predicted molar refractivity (Wildman–Crippen MR) is 89.8 cm³/mol. The predicted octanol–water partition coefficient (Wildman–Crippen LogP) is 2.88. The van der Waals surface area contributed by atoms with Gasteiger partial charge in [0.2, 0.25) is 10.0 Å². The van der Waals surface area contributed by atoms with E-state index in [1.54, 1.807) is 29.5 Å². The summed E-state index contributed by atoms with van der Waals surface area (Å²) in [6.07, 6.45) is 0.664. The monoisotopic (exact) mass is 388 g/mol. The van der Waals surface area contributed by atoms with Gasteiger partial charge in [0.15, 0.2) is 0 Å². The fraction of sp³-hybridized carbons (Fsp3) is 0.286. The molecule has 0 amide bonds. The zero-order valence-corrected chi connectivity index (χ0v) is 14.8. The third-order valence-electron chi connectivity index (χ3n) is 3.00. The molecule has 1 heterocycles. The van der Waals surface area contributed by atoms with E-state index in [1.165, 1.54) is 0 Å². The average molecular weight is 389 g/mol. The maximum atomic E-state index is 12.5. The van der Waals surface area contributed by atoms with Crippen LogP contribution in [0, 0.1) is 0 Å². The Morgan fingerprint density at radius 2 is 2.10 bits per heavy atom. The van der Waals surface area contributed by atoms with Gasteiger partial charge in [0.1, 0.15) is 0 Å². The highest BCUT2D eigenvalue weighted by molar-refractivity contribution is 9.10. The summed E-state index contributed by atoms with van der Waals surface area (Å²) < 4.78 is 28.2. The first-order valence-corrected chi connectivity index (χ1v) is 9.66. The van der Waals surface area contributed by atoms with Crippen LogP contribution in [0.4, 0.5) is 0 Å². The summed E-state index contributed by atoms with van der Waals surface area (Å²) in [5.74, 6) is 0. The first kappa shape index (κ1) is 16.6. The van der Waals surface area contributed by atoms with Crippen LogP contribution in [0.5, 0.6) is 0 Å². The van der Waals surface area contributed by atoms with E-state index in [2.05, 4.69) is 20.7 Å². The molecule has 0 saturated heterocycles. The van der Waals surface area contributed by atoms with Gasteiger partial charge < -0.3 is 5.73 Å². The van der Waals surface area contributed by atoms with Gasteiger partial charge in [0.05, 0.1) is 4.90 Å². The number of thiophene rings is 1. The van der Waals surface area contributed by atoms with Crippen molar-refractivity contribution in [2.45, 2.75) is 30.8 Å². The lowest BCUT2D eigenvalue weighted by molar-refractivity contribution is 0.559. The summed E-state index contributed by atoms with van der Waals surface area (Å²) in [4.78, 5) is 0.225. The second kappa shape index (κ2) is 7.02. The summed E-state index contributed by atoms with van der Waals surface area (Å²) in [6, 6.07) is 6.93. The SMILES string of the molecule is CC(Cc1ccsc1)NS(=O)(=O)c1cc(CN)ccc1Br. The van der Waals surface area contributed by atoms with Crippen LogP contribution in [-0.2, 0) is 23.0 Å². The smallest absolute Gasteiger partial charge is 0.241 e. The van der Waals surface area contributed by atoms with Gasteiger partial charge in [0, 0.05) is 17.1 Å². The molecule has 0 aliphatic rings. The first-order valence-electron chi connectivity index (χ1n) is 6.44. The number of hydrogen-bond donors (Lipinski definition) is 2. The lowest BCUT2D eigenvalue weighted by Crippen LogP contribution is -2.34. The van der Waals surface area contributed by atoms with Crippen LogP contribution in [0.3, 0.4) is 0 Å². The number of rotatable bonds is 6. The molecular formula is C14H17BrN2O2S2. The van der Waals surface area contributed by atoms with E-state index in [-0.39, 0.29) is 10.9 Å². The van der Waals surface area contributed by atoms with Gasteiger partial charge in [-0.05, 0) is 69.4 Å². The third kappa shape index (κ3) is 4.37. The highest BCUT2D eigenvalue weighted by Gasteiger charge is 2.20. The minimum Gasteiger partial charge on any atom is -0.326 e. The normalized spacial score (nSPS) is 13.3. The van der Waals surface area contributed by atoms with Crippen LogP contribution >= 0.6 is 27.3 Å².